The molecule has 0 amide bonds. The summed E-state index contributed by atoms with van der Waals surface area (Å²) in [5.74, 6) is 0. The van der Waals surface area contributed by atoms with Crippen molar-refractivity contribution < 1.29 is 4.57 Å². The Kier molecular flexibility index (Phi) is 8.77. The van der Waals surface area contributed by atoms with Crippen LogP contribution in [0.15, 0.2) is 72.8 Å². The minimum Gasteiger partial charge on any atom is -0.314 e. The van der Waals surface area contributed by atoms with Gasteiger partial charge >= 0.3 is 0 Å². The summed E-state index contributed by atoms with van der Waals surface area (Å²) in [7, 11) is -2.53. The molecule has 0 fully saturated rings. The van der Waals surface area contributed by atoms with Crippen LogP contribution in [0.3, 0.4) is 0 Å². The van der Waals surface area contributed by atoms with Crippen LogP contribution in [0.2, 0.25) is 0 Å². The second-order valence-electron chi connectivity index (χ2n) is 6.60. The first-order valence-corrected chi connectivity index (χ1v) is 11.5. The molecule has 0 heterocycles. The second-order valence-corrected chi connectivity index (χ2v) is 9.56. The summed E-state index contributed by atoms with van der Waals surface area (Å²) in [6.45, 7) is 2.24. The van der Waals surface area contributed by atoms with Crippen molar-refractivity contribution in [2.75, 3.05) is 6.16 Å². The summed E-state index contributed by atoms with van der Waals surface area (Å²) in [6, 6.07) is 20.0. The van der Waals surface area contributed by atoms with Gasteiger partial charge in [-0.05, 0) is 25.7 Å². The van der Waals surface area contributed by atoms with E-state index in [0.717, 1.165) is 29.6 Å². The highest BCUT2D eigenvalue weighted by molar-refractivity contribution is 7.78. The van der Waals surface area contributed by atoms with Crippen molar-refractivity contribution in [2.45, 2.75) is 51.9 Å². The fourth-order valence-corrected chi connectivity index (χ4v) is 5.85. The molecule has 134 valence electrons. The minimum atomic E-state index is -2.53. The Bertz CT molecular complexity index is 618. The van der Waals surface area contributed by atoms with E-state index in [1.165, 1.54) is 32.1 Å². The molecule has 0 atom stereocenters. The molecule has 2 rings (SSSR count). The first-order valence-electron chi connectivity index (χ1n) is 9.62. The van der Waals surface area contributed by atoms with Crippen molar-refractivity contribution in [1.82, 2.24) is 0 Å². The van der Waals surface area contributed by atoms with Crippen molar-refractivity contribution in [3.63, 3.8) is 0 Å². The van der Waals surface area contributed by atoms with Crippen molar-refractivity contribution in [3.05, 3.63) is 72.8 Å². The molecule has 0 radical (unpaired) electrons. The predicted molar refractivity (Wildman–Crippen MR) is 112 cm³/mol. The lowest BCUT2D eigenvalue weighted by atomic mass is 10.1. The van der Waals surface area contributed by atoms with Gasteiger partial charge in [-0.2, -0.15) is 0 Å². The molecule has 2 aromatic carbocycles. The number of hydrogen-bond acceptors (Lipinski definition) is 1. The summed E-state index contributed by atoms with van der Waals surface area (Å²) < 4.78 is 13.8. The smallest absolute Gasteiger partial charge is 0.143 e. The van der Waals surface area contributed by atoms with E-state index in [0.29, 0.717) is 0 Å². The molecule has 2 heteroatoms. The number of allylic oxidation sites excluding steroid dienone is 2. The zero-order chi connectivity index (χ0) is 17.8. The standard InChI is InChI=1S/C23H31OP/c1-2-3-4-5-6-7-8-9-16-21-25(24,22-17-12-10-13-18-22)23-19-14-11-15-20-23/h7-8,10-15,17-20H,2-6,9,16,21H2,1H3/b8-7-. The maximum Gasteiger partial charge on any atom is 0.143 e. The minimum absolute atomic E-state index is 0.737. The van der Waals surface area contributed by atoms with Crippen LogP contribution in [0.4, 0.5) is 0 Å². The van der Waals surface area contributed by atoms with E-state index in [1.54, 1.807) is 0 Å². The zero-order valence-electron chi connectivity index (χ0n) is 15.4. The quantitative estimate of drug-likeness (QED) is 0.263. The van der Waals surface area contributed by atoms with Gasteiger partial charge in [0.05, 0.1) is 0 Å². The Hall–Kier alpha value is -1.59. The Morgan fingerprint density at radius 3 is 1.76 bits per heavy atom. The third-order valence-electron chi connectivity index (χ3n) is 4.58. The average molecular weight is 354 g/mol. The van der Waals surface area contributed by atoms with Crippen LogP contribution in [-0.2, 0) is 4.57 Å². The lowest BCUT2D eigenvalue weighted by Crippen LogP contribution is -2.18. The Morgan fingerprint density at radius 2 is 1.24 bits per heavy atom. The highest BCUT2D eigenvalue weighted by Gasteiger charge is 2.25. The molecule has 0 aliphatic carbocycles. The second kappa shape index (κ2) is 11.1. The molecule has 0 aliphatic heterocycles. The van der Waals surface area contributed by atoms with Crippen molar-refractivity contribution >= 4 is 17.8 Å². The van der Waals surface area contributed by atoms with Gasteiger partial charge in [0.2, 0.25) is 0 Å². The van der Waals surface area contributed by atoms with Gasteiger partial charge in [-0.1, -0.05) is 99.0 Å². The Labute approximate surface area is 153 Å². The summed E-state index contributed by atoms with van der Waals surface area (Å²) in [6.07, 6.45) is 13.7. The molecule has 1 nitrogen and oxygen atoms in total. The van der Waals surface area contributed by atoms with Crippen LogP contribution < -0.4 is 10.6 Å². The molecule has 0 N–H and O–H groups in total. The predicted octanol–water partition coefficient (Wildman–Crippen LogP) is 6.31. The summed E-state index contributed by atoms with van der Waals surface area (Å²) in [5, 5.41) is 1.95. The van der Waals surface area contributed by atoms with Gasteiger partial charge in [0.25, 0.3) is 0 Å². The number of hydrogen-bond donors (Lipinski definition) is 0. The van der Waals surface area contributed by atoms with E-state index in [1.807, 2.05) is 60.7 Å². The molecule has 0 spiro atoms. The molecule has 0 saturated heterocycles. The maximum atomic E-state index is 13.8. The van der Waals surface area contributed by atoms with Crippen molar-refractivity contribution in [1.29, 1.82) is 0 Å². The van der Waals surface area contributed by atoms with Gasteiger partial charge in [-0.25, -0.2) is 0 Å². The fraction of sp³-hybridized carbons (Fsp3) is 0.391. The van der Waals surface area contributed by atoms with Crippen molar-refractivity contribution in [3.8, 4) is 0 Å². The van der Waals surface area contributed by atoms with Gasteiger partial charge in [0, 0.05) is 16.8 Å². The summed E-state index contributed by atoms with van der Waals surface area (Å²) >= 11 is 0. The molecule has 0 saturated carbocycles. The lowest BCUT2D eigenvalue weighted by molar-refractivity contribution is 0.585. The van der Waals surface area contributed by atoms with E-state index in [9.17, 15) is 4.57 Å². The topological polar surface area (TPSA) is 17.1 Å². The van der Waals surface area contributed by atoms with Crippen LogP contribution in [0.25, 0.3) is 0 Å². The summed E-state index contributed by atoms with van der Waals surface area (Å²) in [5.41, 5.74) is 0. The summed E-state index contributed by atoms with van der Waals surface area (Å²) in [4.78, 5) is 0. The lowest BCUT2D eigenvalue weighted by Gasteiger charge is -2.19. The first-order chi connectivity index (χ1) is 12.3. The van der Waals surface area contributed by atoms with Crippen LogP contribution in [0.1, 0.15) is 51.9 Å². The molecular formula is C23H31OP. The Balaban J connectivity index is 1.93. The third-order valence-corrected chi connectivity index (χ3v) is 7.79. The molecule has 0 aromatic heterocycles. The van der Waals surface area contributed by atoms with Crippen molar-refractivity contribution in [2.24, 2.45) is 0 Å². The zero-order valence-corrected chi connectivity index (χ0v) is 16.3. The third kappa shape index (κ3) is 6.33. The highest BCUT2D eigenvalue weighted by Crippen LogP contribution is 2.44. The van der Waals surface area contributed by atoms with E-state index in [2.05, 4.69) is 19.1 Å². The van der Waals surface area contributed by atoms with Crippen LogP contribution >= 0.6 is 7.14 Å². The van der Waals surface area contributed by atoms with Gasteiger partial charge in [-0.3, -0.25) is 0 Å². The van der Waals surface area contributed by atoms with E-state index in [4.69, 9.17) is 0 Å². The molecular weight excluding hydrogens is 323 g/mol. The van der Waals surface area contributed by atoms with Gasteiger partial charge in [0.1, 0.15) is 7.14 Å². The fourth-order valence-electron chi connectivity index (χ4n) is 3.10. The van der Waals surface area contributed by atoms with Crippen LogP contribution in [0.5, 0.6) is 0 Å². The maximum absolute atomic E-state index is 13.8. The monoisotopic (exact) mass is 354 g/mol. The molecule has 0 bridgehead atoms. The molecule has 0 unspecified atom stereocenters. The number of rotatable bonds is 11. The average Bonchev–Trinajstić information content (AvgIpc) is 2.68. The Morgan fingerprint density at radius 1 is 0.720 bits per heavy atom. The molecule has 0 aliphatic rings. The van der Waals surface area contributed by atoms with Crippen LogP contribution in [0, 0.1) is 0 Å². The number of unbranched alkanes of at least 4 members (excludes halogenated alkanes) is 5. The highest BCUT2D eigenvalue weighted by atomic mass is 31.2. The SMILES string of the molecule is CCCCCC/C=C\CCCP(=O)(c1ccccc1)c1ccccc1. The van der Waals surface area contributed by atoms with E-state index in [-0.39, 0.29) is 0 Å². The molecule has 25 heavy (non-hydrogen) atoms. The number of benzene rings is 2. The van der Waals surface area contributed by atoms with Gasteiger partial charge in [-0.15, -0.1) is 0 Å². The molecule has 2 aromatic rings. The largest absolute Gasteiger partial charge is 0.314 e. The normalized spacial score (nSPS) is 11.9. The van der Waals surface area contributed by atoms with E-state index < -0.39 is 7.14 Å². The van der Waals surface area contributed by atoms with Crippen LogP contribution in [-0.4, -0.2) is 6.16 Å². The van der Waals surface area contributed by atoms with Gasteiger partial charge in [0.15, 0.2) is 0 Å². The first kappa shape index (κ1) is 19.7. The van der Waals surface area contributed by atoms with Gasteiger partial charge < -0.3 is 4.57 Å². The van der Waals surface area contributed by atoms with E-state index >= 15 is 0 Å².